The molecule has 2 unspecified atom stereocenters. The van der Waals surface area contributed by atoms with Crippen LogP contribution >= 0.6 is 0 Å². The Morgan fingerprint density at radius 1 is 0.885 bits per heavy atom. The zero-order valence-electron chi connectivity index (χ0n) is 19.7. The molecule has 0 aliphatic carbocycles. The lowest BCUT2D eigenvalue weighted by molar-refractivity contribution is -0.182. The molecule has 0 amide bonds. The predicted octanol–water partition coefficient (Wildman–Crippen LogP) is 6.78. The molecule has 0 bridgehead atoms. The first-order valence-electron chi connectivity index (χ1n) is 10.4. The van der Waals surface area contributed by atoms with Gasteiger partial charge >= 0.3 is 5.97 Å². The Bertz CT molecular complexity index is 448. The second-order valence-corrected chi connectivity index (χ2v) is 10.6. The van der Waals surface area contributed by atoms with Gasteiger partial charge in [0.05, 0.1) is 17.6 Å². The van der Waals surface area contributed by atoms with Crippen molar-refractivity contribution in [3.05, 3.63) is 0 Å². The summed E-state index contributed by atoms with van der Waals surface area (Å²) in [7, 11) is 0. The van der Waals surface area contributed by atoms with Crippen molar-refractivity contribution in [1.82, 2.24) is 0 Å². The first kappa shape index (κ1) is 25.4. The minimum absolute atomic E-state index is 0.0512. The van der Waals surface area contributed by atoms with Crippen LogP contribution < -0.4 is 0 Å². The normalized spacial score (nSPS) is 17.1. The molecule has 0 spiro atoms. The monoisotopic (exact) mass is 370 g/mol. The van der Waals surface area contributed by atoms with Crippen LogP contribution in [0.15, 0.2) is 0 Å². The summed E-state index contributed by atoms with van der Waals surface area (Å²) in [5.74, 6) is -0.0763. The smallest absolute Gasteiger partial charge is 0.312 e. The third-order valence-electron chi connectivity index (χ3n) is 6.27. The number of hydrogen-bond acceptors (Lipinski definition) is 3. The molecule has 0 aromatic rings. The number of rotatable bonds is 11. The Morgan fingerprint density at radius 3 is 1.77 bits per heavy atom. The molecule has 26 heavy (non-hydrogen) atoms. The Hall–Kier alpha value is -0.570. The maximum atomic E-state index is 13.4. The van der Waals surface area contributed by atoms with Crippen molar-refractivity contribution in [3.8, 4) is 0 Å². The molecule has 0 saturated heterocycles. The van der Waals surface area contributed by atoms with Crippen LogP contribution in [0, 0.1) is 16.2 Å². The van der Waals surface area contributed by atoms with Crippen molar-refractivity contribution in [3.63, 3.8) is 0 Å². The molecule has 0 saturated carbocycles. The van der Waals surface area contributed by atoms with Gasteiger partial charge in [-0.3, -0.25) is 4.79 Å². The third-order valence-corrected chi connectivity index (χ3v) is 6.27. The Balaban J connectivity index is 5.49. The molecule has 0 fully saturated rings. The maximum absolute atomic E-state index is 13.4. The lowest BCUT2D eigenvalue weighted by Gasteiger charge is -2.47. The summed E-state index contributed by atoms with van der Waals surface area (Å²) in [6, 6.07) is 0. The predicted molar refractivity (Wildman–Crippen MR) is 111 cm³/mol. The van der Waals surface area contributed by atoms with Gasteiger partial charge in [0, 0.05) is 6.42 Å². The van der Waals surface area contributed by atoms with E-state index in [1.165, 1.54) is 0 Å². The van der Waals surface area contributed by atoms with Crippen molar-refractivity contribution >= 4 is 5.97 Å². The first-order chi connectivity index (χ1) is 11.5. The minimum atomic E-state index is -0.549. The fourth-order valence-corrected chi connectivity index (χ4v) is 3.67. The van der Waals surface area contributed by atoms with E-state index in [0.717, 1.165) is 19.3 Å². The number of ether oxygens (including phenoxy) is 2. The van der Waals surface area contributed by atoms with E-state index < -0.39 is 11.0 Å². The molecule has 3 heteroatoms. The number of hydrogen-bond donors (Lipinski definition) is 0. The van der Waals surface area contributed by atoms with Crippen LogP contribution in [0.5, 0.6) is 0 Å². The SMILES string of the molecule is CCC(C)(C)CC(C)(C(=O)OC(C)(C)CC(C)OC(C)C)C(C)(C)CC. The minimum Gasteiger partial charge on any atom is -0.459 e. The zero-order valence-corrected chi connectivity index (χ0v) is 19.7. The Morgan fingerprint density at radius 2 is 1.38 bits per heavy atom. The number of carbonyl (C=O) groups excluding carboxylic acids is 1. The summed E-state index contributed by atoms with van der Waals surface area (Å²) in [5, 5.41) is 0. The molecule has 0 aliphatic rings. The molecular weight excluding hydrogens is 324 g/mol. The van der Waals surface area contributed by atoms with E-state index in [4.69, 9.17) is 9.47 Å². The zero-order chi connectivity index (χ0) is 21.0. The summed E-state index contributed by atoms with van der Waals surface area (Å²) in [6.07, 6.45) is 3.71. The molecule has 0 heterocycles. The van der Waals surface area contributed by atoms with Crippen molar-refractivity contribution in [2.24, 2.45) is 16.2 Å². The van der Waals surface area contributed by atoms with Gasteiger partial charge in [0.25, 0.3) is 0 Å². The highest BCUT2D eigenvalue weighted by Gasteiger charge is 2.51. The molecule has 0 N–H and O–H groups in total. The van der Waals surface area contributed by atoms with Crippen LogP contribution in [-0.4, -0.2) is 23.8 Å². The molecule has 0 radical (unpaired) electrons. The fourth-order valence-electron chi connectivity index (χ4n) is 3.67. The van der Waals surface area contributed by atoms with Crippen LogP contribution in [0.3, 0.4) is 0 Å². The Labute approximate surface area is 163 Å². The lowest BCUT2D eigenvalue weighted by atomic mass is 9.58. The molecule has 156 valence electrons. The van der Waals surface area contributed by atoms with Crippen LogP contribution in [0.4, 0.5) is 0 Å². The number of esters is 1. The van der Waals surface area contributed by atoms with E-state index >= 15 is 0 Å². The van der Waals surface area contributed by atoms with Crippen LogP contribution in [0.2, 0.25) is 0 Å². The van der Waals surface area contributed by atoms with E-state index in [0.29, 0.717) is 6.42 Å². The fraction of sp³-hybridized carbons (Fsp3) is 0.957. The van der Waals surface area contributed by atoms with Crippen molar-refractivity contribution < 1.29 is 14.3 Å². The van der Waals surface area contributed by atoms with E-state index in [-0.39, 0.29) is 29.0 Å². The first-order valence-corrected chi connectivity index (χ1v) is 10.4. The van der Waals surface area contributed by atoms with Crippen molar-refractivity contribution in [2.75, 3.05) is 0 Å². The maximum Gasteiger partial charge on any atom is 0.312 e. The topological polar surface area (TPSA) is 35.5 Å². The number of carbonyl (C=O) groups is 1. The molecule has 2 atom stereocenters. The van der Waals surface area contributed by atoms with Gasteiger partial charge in [-0.25, -0.2) is 0 Å². The van der Waals surface area contributed by atoms with Gasteiger partial charge in [0.2, 0.25) is 0 Å². The van der Waals surface area contributed by atoms with Gasteiger partial charge < -0.3 is 9.47 Å². The second-order valence-electron chi connectivity index (χ2n) is 10.6. The largest absolute Gasteiger partial charge is 0.459 e. The molecule has 0 rings (SSSR count). The molecule has 0 aliphatic heterocycles. The van der Waals surface area contributed by atoms with E-state index in [2.05, 4.69) is 48.5 Å². The highest BCUT2D eigenvalue weighted by atomic mass is 16.6. The quantitative estimate of drug-likeness (QED) is 0.376. The standard InChI is InChI=1S/C23H46O3/c1-13-20(6,7)16-23(12,21(8,9)14-2)19(24)26-22(10,11)15-18(5)25-17(3)4/h17-18H,13-16H2,1-12H3. The summed E-state index contributed by atoms with van der Waals surface area (Å²) >= 11 is 0. The van der Waals surface area contributed by atoms with Crippen LogP contribution in [0.25, 0.3) is 0 Å². The highest BCUT2D eigenvalue weighted by molar-refractivity contribution is 5.78. The van der Waals surface area contributed by atoms with Crippen LogP contribution in [0.1, 0.15) is 109 Å². The summed E-state index contributed by atoms with van der Waals surface area (Å²) in [5.41, 5.74) is -1.11. The molecular formula is C23H46O3. The lowest BCUT2D eigenvalue weighted by Crippen LogP contribution is -2.48. The average Bonchev–Trinajstić information content (AvgIpc) is 2.44. The van der Waals surface area contributed by atoms with Gasteiger partial charge in [0.15, 0.2) is 0 Å². The van der Waals surface area contributed by atoms with E-state index in [1.54, 1.807) is 0 Å². The average molecular weight is 371 g/mol. The molecule has 3 nitrogen and oxygen atoms in total. The Kier molecular flexibility index (Phi) is 8.88. The van der Waals surface area contributed by atoms with Crippen LogP contribution in [-0.2, 0) is 14.3 Å². The van der Waals surface area contributed by atoms with Gasteiger partial charge in [0.1, 0.15) is 5.60 Å². The van der Waals surface area contributed by atoms with Crippen molar-refractivity contribution in [2.45, 2.75) is 127 Å². The van der Waals surface area contributed by atoms with E-state index in [9.17, 15) is 4.79 Å². The van der Waals surface area contributed by atoms with Gasteiger partial charge in [-0.15, -0.1) is 0 Å². The highest BCUT2D eigenvalue weighted by Crippen LogP contribution is 2.51. The van der Waals surface area contributed by atoms with Crippen molar-refractivity contribution in [1.29, 1.82) is 0 Å². The van der Waals surface area contributed by atoms with Gasteiger partial charge in [-0.1, -0.05) is 48.0 Å². The third kappa shape index (κ3) is 7.21. The summed E-state index contributed by atoms with van der Waals surface area (Å²) in [6.45, 7) is 25.4. The molecule has 0 aromatic heterocycles. The van der Waals surface area contributed by atoms with Gasteiger partial charge in [-0.05, 0) is 65.2 Å². The molecule has 0 aromatic carbocycles. The summed E-state index contributed by atoms with van der Waals surface area (Å²) in [4.78, 5) is 13.4. The summed E-state index contributed by atoms with van der Waals surface area (Å²) < 4.78 is 12.0. The van der Waals surface area contributed by atoms with Gasteiger partial charge in [-0.2, -0.15) is 0 Å². The second kappa shape index (κ2) is 9.08. The van der Waals surface area contributed by atoms with E-state index in [1.807, 2.05) is 34.6 Å².